The van der Waals surface area contributed by atoms with Crippen LogP contribution in [0.5, 0.6) is 0 Å². The van der Waals surface area contributed by atoms with Crippen LogP contribution in [0.1, 0.15) is 0 Å². The van der Waals surface area contributed by atoms with Gasteiger partial charge in [0, 0.05) is 963 Å². The van der Waals surface area contributed by atoms with Crippen LogP contribution >= 0.6 is 0 Å². The van der Waals surface area contributed by atoms with Crippen LogP contribution in [-0.4, -0.2) is 0 Å². The first kappa shape index (κ1) is 146. The number of nitrogens with one attached hydrogen (secondary N) is 1. The van der Waals surface area contributed by atoms with Crippen LogP contribution < -0.4 is 5.32 Å². The zero-order chi connectivity index (χ0) is 99.2. The Labute approximate surface area is 1110 Å². The zero-order valence-electron chi connectivity index (χ0n) is 63.1. The van der Waals surface area contributed by atoms with E-state index in [0.29, 0.717) is 0 Å². The number of anilines is 2. The van der Waals surface area contributed by atoms with E-state index >= 15 is 0 Å². The van der Waals surface area contributed by atoms with Gasteiger partial charge in [0.05, 0.1) is 0 Å². The van der Waals surface area contributed by atoms with Gasteiger partial charge < -0.3 is 14.2 Å². The summed E-state index contributed by atoms with van der Waals surface area (Å²) < 4.78 is 12.5. The predicted molar refractivity (Wildman–Crippen MR) is 920 cm³/mol. The molecule has 142 heavy (non-hydrogen) atoms. The molecule has 0 saturated heterocycles. The molecule has 0 unspecified atom stereocenters. The van der Waals surface area contributed by atoms with Gasteiger partial charge in [-0.2, -0.15) is 0 Å². The minimum absolute atomic E-state index is 0.915. The number of hydrogen-bond acceptors (Lipinski definition) is 5. The van der Waals surface area contributed by atoms with Gasteiger partial charge in [-0.15, -0.1) is 0 Å². The van der Waals surface area contributed by atoms with Crippen LogP contribution in [0, 0.1) is 0 Å². The van der Waals surface area contributed by atoms with Gasteiger partial charge in [-0.05, 0) is 47.5 Å². The average Bonchev–Trinajstić information content (AvgIpc) is 1.62. The lowest BCUT2D eigenvalue weighted by atomic mass is 10.0. The minimum Gasteiger partial charge on any atom is -0.455 e. The molecule has 0 aliphatic carbocycles. The lowest BCUT2D eigenvalue weighted by molar-refractivity contribution is 0.669. The van der Waals surface area contributed by atoms with Crippen LogP contribution in [0.2, 0.25) is 0 Å². The number of hydrogen-bond donors (Lipinski definition) is 1. The van der Waals surface area contributed by atoms with Crippen molar-refractivity contribution in [1.82, 2.24) is 0 Å². The number of benzene rings is 6. The van der Waals surface area contributed by atoms with Crippen molar-refractivity contribution >= 4 is 975 Å². The van der Waals surface area contributed by atoms with Crippen molar-refractivity contribution in [3.05, 3.63) is 133 Å². The van der Waals surface area contributed by atoms with Crippen LogP contribution in [-0.2, 0) is 919 Å². The lowest BCUT2D eigenvalue weighted by Gasteiger charge is -2.10. The fourth-order valence-electron chi connectivity index (χ4n) is 6.70. The normalized spacial score (nSPS) is 8.90. The molecule has 8 rings (SSSR count). The molecule has 0 saturated carbocycles. The molecule has 0 spiro atoms. The Bertz CT molecular complexity index is 10900. The topological polar surface area (TPSA) is 38.3 Å². The summed E-state index contributed by atoms with van der Waals surface area (Å²) in [5.74, 6) is 0. The van der Waals surface area contributed by atoms with Crippen LogP contribution in [0.15, 0.2) is 142 Å². The summed E-state index contributed by atoms with van der Waals surface area (Å²) >= 11 is 9.66. The Morgan fingerprint density at radius 3 is 0.415 bits per heavy atom. The molecule has 6 aromatic carbocycles. The van der Waals surface area contributed by atoms with E-state index in [2.05, 4.69) is 115 Å². The Morgan fingerprint density at radius 1 is 0.134 bits per heavy atom. The minimum atomic E-state index is 0.915. The molecule has 0 aliphatic heterocycles. The van der Waals surface area contributed by atoms with Crippen molar-refractivity contribution in [1.29, 1.82) is 0 Å². The highest BCUT2D eigenvalue weighted by molar-refractivity contribution is 8.88. The highest BCUT2D eigenvalue weighted by Crippen LogP contribution is 2.38. The molecule has 2 aromatic heterocycles. The first-order chi connectivity index (χ1) is 70.7. The summed E-state index contributed by atoms with van der Waals surface area (Å²) in [6.07, 6.45) is 0. The molecule has 0 fully saturated rings. The van der Waals surface area contributed by atoms with E-state index in [1.807, 2.05) is 797 Å². The van der Waals surface area contributed by atoms with E-state index in [0.717, 1.165) is 77.5 Å². The predicted octanol–water partition coefficient (Wildman–Crippen LogP) is 10.3. The summed E-state index contributed by atoms with van der Waals surface area (Å²) in [5.41, 5.74) is 10.2. The molecule has 2 heterocycles. The lowest BCUT2D eigenvalue weighted by Crippen LogP contribution is -1.90. The maximum atomic E-state index is 6.23. The standard InChI is InChI=1S/C36H23NO2.S103/c1-3-13-33-29(7-1)31-11-5-9-27(35(31)38-33)23-15-19-25(20-16-23)37-26-21-17-24(18-22-26)28-10-6-12-32-30-8-2-4-14-34(30)39-36(28)32;1-3-5-7-9-11-13-15-17-19-21-23-25-27-29-31-33-35-37-39-41-43-45-47-49-51-53-55-57-59-61-63-65-67-69-71-73-75-77-79-81-83-85-87-89-91-93-95-97-99-101-103-102-100-98-96-94-92-90-88-86-84-82-80-78-76-74-72-70-68-66-64-62-60-58-56-54-52-50-48-46-44-42-40-38-36-34-32-30-28-26-24-22-20-18-16-14-12-10-8-6-4-2/h1-22,37H;. The molecule has 802 valence electrons. The summed E-state index contributed by atoms with van der Waals surface area (Å²) in [4.78, 5) is 0. The summed E-state index contributed by atoms with van der Waals surface area (Å²) in [6.45, 7) is 0. The molecule has 0 aliphatic rings. The Hall–Kier alpha value is 17.4. The third-order valence-electron chi connectivity index (χ3n) is 10.3. The fourth-order valence-corrected chi connectivity index (χ4v) is 278. The number of para-hydroxylation sites is 4. The van der Waals surface area contributed by atoms with Crippen LogP contribution in [0.4, 0.5) is 11.4 Å². The second-order valence-electron chi connectivity index (χ2n) is 16.7. The van der Waals surface area contributed by atoms with E-state index in [9.17, 15) is 0 Å². The van der Waals surface area contributed by atoms with Crippen molar-refractivity contribution in [3.8, 4) is 22.3 Å². The smallest absolute Gasteiger partial charge is 0.143 e. The van der Waals surface area contributed by atoms with Crippen LogP contribution in [0.25, 0.3) is 66.1 Å². The van der Waals surface area contributed by atoms with Gasteiger partial charge in [0.15, 0.2) is 0 Å². The van der Waals surface area contributed by atoms with Crippen molar-refractivity contribution < 1.29 is 8.83 Å². The zero-order valence-corrected chi connectivity index (χ0v) is 147. The van der Waals surface area contributed by atoms with Gasteiger partial charge in [-0.1, -0.05) is 97.1 Å². The van der Waals surface area contributed by atoms with Crippen molar-refractivity contribution in [2.45, 2.75) is 0 Å². The molecular formula is C36H23NO2S103. The molecule has 1 N–H and O–H groups in total. The Morgan fingerprint density at radius 2 is 0.268 bits per heavy atom. The summed E-state index contributed by atoms with van der Waals surface area (Å²) in [5, 5.41) is 8.11. The molecule has 0 atom stereocenters. The third kappa shape index (κ3) is 83.0. The average molecular weight is 3800 g/mol. The van der Waals surface area contributed by atoms with E-state index in [4.69, 9.17) is 31.2 Å². The first-order valence-corrected chi connectivity index (χ1v) is 166. The van der Waals surface area contributed by atoms with Crippen molar-refractivity contribution in [3.63, 3.8) is 0 Å². The second-order valence-corrected chi connectivity index (χ2v) is 195. The molecule has 106 heteroatoms. The van der Waals surface area contributed by atoms with Gasteiger partial charge in [0.25, 0.3) is 0 Å². The first-order valence-electron chi connectivity index (χ1n) is 30.1. The molecule has 0 bridgehead atoms. The largest absolute Gasteiger partial charge is 0.455 e. The van der Waals surface area contributed by atoms with E-state index < -0.39 is 0 Å². The van der Waals surface area contributed by atoms with Gasteiger partial charge in [0.1, 0.15) is 22.3 Å². The highest BCUT2D eigenvalue weighted by atomic mass is 33.6. The van der Waals surface area contributed by atoms with E-state index in [1.54, 1.807) is 107 Å². The number of rotatable bonds is 4. The van der Waals surface area contributed by atoms with Gasteiger partial charge in [-0.3, -0.25) is 0 Å². The van der Waals surface area contributed by atoms with Crippen molar-refractivity contribution in [2.75, 3.05) is 5.32 Å². The third-order valence-corrected chi connectivity index (χ3v) is 232. The summed E-state index contributed by atoms with van der Waals surface area (Å²) in [7, 11) is 183. The Balaban J connectivity index is 0.000000566. The SMILES string of the molecule is S=S=S=S=S=S=S=S=S=S=S=S=S=S=S=S=S=S=S=S=S=S=S=S=S=S=S=S=S=S=S=S=S=S=S=S=S=S=S=S=S=S=S=S=S=S=S=S=S=S=S=S=S=S=S=S=S=S=S=S=S=S=S=S=S=S=S=S=S=S=S=S=S=S=S=S=S=S=S=S=S=S=S=S=S=S=S=S=S=S=S=S=S=S=S=S=S=S=S=S=S=S=S.c1ccc2c(c1)oc1c(-c3ccc(Nc4ccc(-c5cccc6c5oc5ccccc56)cc4)cc3)cccc12. The quantitative estimate of drug-likeness (QED) is 0.190. The molecule has 8 aromatic rings. The molecular weight excluding hydrogens is 3780 g/mol. The monoisotopic (exact) mass is 3790 g/mol. The molecule has 0 radical (unpaired) electrons. The maximum Gasteiger partial charge on any atom is 0.143 e. The second kappa shape index (κ2) is 114. The Kier molecular flexibility index (Phi) is 118. The molecule has 3 nitrogen and oxygen atoms in total. The van der Waals surface area contributed by atoms with Gasteiger partial charge in [0.2, 0.25) is 0 Å². The maximum absolute atomic E-state index is 6.23. The van der Waals surface area contributed by atoms with Gasteiger partial charge in [-0.25, -0.2) is 0 Å². The van der Waals surface area contributed by atoms with Crippen LogP contribution in [0.3, 0.4) is 0 Å². The van der Waals surface area contributed by atoms with E-state index in [-0.39, 0.29) is 0 Å². The summed E-state index contributed by atoms with van der Waals surface area (Å²) in [6, 6.07) is 46.1. The highest BCUT2D eigenvalue weighted by Gasteiger charge is 2.13. The number of fused-ring (bicyclic) bond motifs is 6. The number of furan rings is 2. The van der Waals surface area contributed by atoms with E-state index in [1.165, 1.54) is 17.8 Å². The van der Waals surface area contributed by atoms with Crippen molar-refractivity contribution in [2.24, 2.45) is 0 Å². The van der Waals surface area contributed by atoms with Gasteiger partial charge >= 0.3 is 0 Å². The fraction of sp³-hybridized carbons (Fsp3) is 0. The molecule has 0 amide bonds.